The largest absolute Gasteiger partial charge is 0.477 e. The van der Waals surface area contributed by atoms with Gasteiger partial charge in [0, 0.05) is 6.07 Å². The lowest BCUT2D eigenvalue weighted by atomic mass is 10.3. The van der Waals surface area contributed by atoms with E-state index >= 15 is 0 Å². The Hall–Kier alpha value is -2.67. The molecule has 0 saturated carbocycles. The highest BCUT2D eigenvalue weighted by Crippen LogP contribution is 2.26. The SMILES string of the molecule is O=C(COc1ccccc1[N+](=O)[O-])Nc1ccc(F)cc1Cl. The molecular formula is C14H10ClFN2O4. The molecule has 0 bridgehead atoms. The molecule has 0 atom stereocenters. The number of halogens is 2. The maximum absolute atomic E-state index is 12.9. The zero-order valence-electron chi connectivity index (χ0n) is 11.1. The molecule has 114 valence electrons. The molecule has 2 aromatic rings. The van der Waals surface area contributed by atoms with Gasteiger partial charge < -0.3 is 10.1 Å². The predicted octanol–water partition coefficient (Wildman–Crippen LogP) is 3.40. The molecule has 1 amide bonds. The normalized spacial score (nSPS) is 10.1. The monoisotopic (exact) mass is 324 g/mol. The lowest BCUT2D eigenvalue weighted by Crippen LogP contribution is -2.20. The van der Waals surface area contributed by atoms with Gasteiger partial charge in [-0.25, -0.2) is 4.39 Å². The third kappa shape index (κ3) is 3.92. The number of hydrogen-bond donors (Lipinski definition) is 1. The van der Waals surface area contributed by atoms with E-state index in [4.69, 9.17) is 16.3 Å². The van der Waals surface area contributed by atoms with Crippen molar-refractivity contribution in [2.45, 2.75) is 0 Å². The Labute approximate surface area is 129 Å². The van der Waals surface area contributed by atoms with Gasteiger partial charge in [0.2, 0.25) is 0 Å². The number of amides is 1. The molecular weight excluding hydrogens is 315 g/mol. The summed E-state index contributed by atoms with van der Waals surface area (Å²) in [7, 11) is 0. The molecule has 0 unspecified atom stereocenters. The van der Waals surface area contributed by atoms with Gasteiger partial charge in [0.05, 0.1) is 15.6 Å². The second-order valence-electron chi connectivity index (χ2n) is 4.19. The quantitative estimate of drug-likeness (QED) is 0.675. The molecule has 1 N–H and O–H groups in total. The summed E-state index contributed by atoms with van der Waals surface area (Å²) in [5.41, 5.74) is -0.0191. The average Bonchev–Trinajstić information content (AvgIpc) is 2.48. The number of para-hydroxylation sites is 2. The first kappa shape index (κ1) is 15.7. The summed E-state index contributed by atoms with van der Waals surface area (Å²) in [6.07, 6.45) is 0. The number of rotatable bonds is 5. The number of nitro benzene ring substituents is 1. The number of carbonyl (C=O) groups excluding carboxylic acids is 1. The van der Waals surface area contributed by atoms with Crippen LogP contribution >= 0.6 is 11.6 Å². The summed E-state index contributed by atoms with van der Waals surface area (Å²) in [5, 5.41) is 13.3. The average molecular weight is 325 g/mol. The molecule has 6 nitrogen and oxygen atoms in total. The molecule has 0 radical (unpaired) electrons. The summed E-state index contributed by atoms with van der Waals surface area (Å²) in [6, 6.07) is 9.20. The third-order valence-corrected chi connectivity index (χ3v) is 2.94. The van der Waals surface area contributed by atoms with Crippen LogP contribution < -0.4 is 10.1 Å². The van der Waals surface area contributed by atoms with Gasteiger partial charge in [-0.2, -0.15) is 0 Å². The van der Waals surface area contributed by atoms with Crippen LogP contribution in [0, 0.1) is 15.9 Å². The van der Waals surface area contributed by atoms with Crippen LogP contribution in [0.1, 0.15) is 0 Å². The first-order valence-corrected chi connectivity index (χ1v) is 6.46. The fourth-order valence-electron chi connectivity index (χ4n) is 1.65. The zero-order chi connectivity index (χ0) is 16.1. The van der Waals surface area contributed by atoms with Crippen molar-refractivity contribution in [3.63, 3.8) is 0 Å². The molecule has 8 heteroatoms. The first-order valence-electron chi connectivity index (χ1n) is 6.08. The Bertz CT molecular complexity index is 724. The summed E-state index contributed by atoms with van der Waals surface area (Å²) >= 11 is 5.77. The van der Waals surface area contributed by atoms with Crippen molar-refractivity contribution in [1.29, 1.82) is 0 Å². The predicted molar refractivity (Wildman–Crippen MR) is 78.6 cm³/mol. The van der Waals surface area contributed by atoms with Crippen LogP contribution in [0.5, 0.6) is 5.75 Å². The number of nitro groups is 1. The van der Waals surface area contributed by atoms with E-state index in [1.807, 2.05) is 0 Å². The lowest BCUT2D eigenvalue weighted by Gasteiger charge is -2.09. The summed E-state index contributed by atoms with van der Waals surface area (Å²) in [5.74, 6) is -1.13. The lowest BCUT2D eigenvalue weighted by molar-refractivity contribution is -0.385. The number of anilines is 1. The minimum Gasteiger partial charge on any atom is -0.477 e. The van der Waals surface area contributed by atoms with E-state index in [-0.39, 0.29) is 22.1 Å². The first-order chi connectivity index (χ1) is 10.5. The zero-order valence-corrected chi connectivity index (χ0v) is 11.8. The number of hydrogen-bond acceptors (Lipinski definition) is 4. The van der Waals surface area contributed by atoms with Crippen LogP contribution in [0.25, 0.3) is 0 Å². The van der Waals surface area contributed by atoms with E-state index in [0.29, 0.717) is 0 Å². The van der Waals surface area contributed by atoms with Gasteiger partial charge >= 0.3 is 5.69 Å². The van der Waals surface area contributed by atoms with E-state index in [1.54, 1.807) is 6.07 Å². The van der Waals surface area contributed by atoms with E-state index in [2.05, 4.69) is 5.32 Å². The summed E-state index contributed by atoms with van der Waals surface area (Å²) in [6.45, 7) is -0.446. The standard InChI is InChI=1S/C14H10ClFN2O4/c15-10-7-9(16)5-6-11(10)17-14(19)8-22-13-4-2-1-3-12(13)18(20)21/h1-7H,8H2,(H,17,19). The van der Waals surface area contributed by atoms with E-state index in [9.17, 15) is 19.3 Å². The van der Waals surface area contributed by atoms with Crippen molar-refractivity contribution in [3.8, 4) is 5.75 Å². The number of carbonyl (C=O) groups is 1. The van der Waals surface area contributed by atoms with Crippen LogP contribution in [0.2, 0.25) is 5.02 Å². The maximum atomic E-state index is 12.9. The van der Waals surface area contributed by atoms with Crippen LogP contribution in [-0.4, -0.2) is 17.4 Å². The highest BCUT2D eigenvalue weighted by Gasteiger charge is 2.15. The fourth-order valence-corrected chi connectivity index (χ4v) is 1.86. The highest BCUT2D eigenvalue weighted by molar-refractivity contribution is 6.33. The minimum atomic E-state index is -0.607. The topological polar surface area (TPSA) is 81.5 Å². The smallest absolute Gasteiger partial charge is 0.310 e. The van der Waals surface area contributed by atoms with Crippen LogP contribution in [0.15, 0.2) is 42.5 Å². The molecule has 0 spiro atoms. The maximum Gasteiger partial charge on any atom is 0.310 e. The minimum absolute atomic E-state index is 0.0205. The third-order valence-electron chi connectivity index (χ3n) is 2.63. The van der Waals surface area contributed by atoms with Crippen LogP contribution in [-0.2, 0) is 4.79 Å². The molecule has 0 aromatic heterocycles. The Kier molecular flexibility index (Phi) is 4.90. The Morgan fingerprint density at radius 2 is 2.05 bits per heavy atom. The molecule has 2 rings (SSSR count). The van der Waals surface area contributed by atoms with Crippen molar-refractivity contribution >= 4 is 28.9 Å². The van der Waals surface area contributed by atoms with Crippen molar-refractivity contribution in [2.75, 3.05) is 11.9 Å². The van der Waals surface area contributed by atoms with Gasteiger partial charge in [-0.05, 0) is 24.3 Å². The molecule has 0 aliphatic heterocycles. The Morgan fingerprint density at radius 3 is 2.73 bits per heavy atom. The molecule has 0 fully saturated rings. The summed E-state index contributed by atoms with van der Waals surface area (Å²) < 4.78 is 18.0. The fraction of sp³-hybridized carbons (Fsp3) is 0.0714. The second kappa shape index (κ2) is 6.86. The molecule has 0 aliphatic carbocycles. The highest BCUT2D eigenvalue weighted by atomic mass is 35.5. The number of nitrogens with one attached hydrogen (secondary N) is 1. The van der Waals surface area contributed by atoms with Crippen molar-refractivity contribution in [2.24, 2.45) is 0 Å². The van der Waals surface area contributed by atoms with Gasteiger partial charge in [0.25, 0.3) is 5.91 Å². The number of ether oxygens (including phenoxy) is 1. The second-order valence-corrected chi connectivity index (χ2v) is 4.59. The van der Waals surface area contributed by atoms with Crippen LogP contribution in [0.4, 0.5) is 15.8 Å². The number of benzene rings is 2. The van der Waals surface area contributed by atoms with Gasteiger partial charge in [-0.1, -0.05) is 23.7 Å². The van der Waals surface area contributed by atoms with Gasteiger partial charge in [0.15, 0.2) is 12.4 Å². The van der Waals surface area contributed by atoms with Crippen molar-refractivity contribution in [3.05, 3.63) is 63.4 Å². The Balaban J connectivity index is 2.00. The van der Waals surface area contributed by atoms with Gasteiger partial charge in [0.1, 0.15) is 5.82 Å². The van der Waals surface area contributed by atoms with Crippen LogP contribution in [0.3, 0.4) is 0 Å². The molecule has 0 heterocycles. The van der Waals surface area contributed by atoms with Gasteiger partial charge in [-0.3, -0.25) is 14.9 Å². The van der Waals surface area contributed by atoms with E-state index in [0.717, 1.165) is 12.1 Å². The number of nitrogens with zero attached hydrogens (tertiary/aromatic N) is 1. The molecule has 22 heavy (non-hydrogen) atoms. The van der Waals surface area contributed by atoms with E-state index < -0.39 is 23.3 Å². The molecule has 0 saturated heterocycles. The van der Waals surface area contributed by atoms with Crippen molar-refractivity contribution < 1.29 is 18.8 Å². The Morgan fingerprint density at radius 1 is 1.32 bits per heavy atom. The molecule has 0 aliphatic rings. The van der Waals surface area contributed by atoms with Crippen molar-refractivity contribution in [1.82, 2.24) is 0 Å². The van der Waals surface area contributed by atoms with E-state index in [1.165, 1.54) is 24.3 Å². The van der Waals surface area contributed by atoms with Gasteiger partial charge in [-0.15, -0.1) is 0 Å². The molecule has 2 aromatic carbocycles. The summed E-state index contributed by atoms with van der Waals surface area (Å²) in [4.78, 5) is 21.9.